The smallest absolute Gasteiger partial charge is 0.0367 e. The number of piperazine rings is 1. The third-order valence-electron chi connectivity index (χ3n) is 3.34. The first-order chi connectivity index (χ1) is 8.40. The highest BCUT2D eigenvalue weighted by Crippen LogP contribution is 2.16. The van der Waals surface area contributed by atoms with Crippen LogP contribution in [0.3, 0.4) is 0 Å². The maximum absolute atomic E-state index is 5.50. The molecule has 1 aliphatic rings. The molecule has 1 aromatic rings. The van der Waals surface area contributed by atoms with Crippen LogP contribution >= 0.6 is 0 Å². The quantitative estimate of drug-likeness (QED) is 0.755. The summed E-state index contributed by atoms with van der Waals surface area (Å²) in [5.74, 6) is 0. The number of hydrogen-bond acceptors (Lipinski definition) is 3. The molecule has 0 unspecified atom stereocenters. The van der Waals surface area contributed by atoms with Crippen LogP contribution in [0, 0.1) is 0 Å². The first-order valence-electron chi connectivity index (χ1n) is 6.65. The monoisotopic (exact) mass is 233 g/mol. The predicted octanol–water partition coefficient (Wildman–Crippen LogP) is 1.38. The zero-order valence-electron chi connectivity index (χ0n) is 10.5. The number of aryl methyl sites for hydroxylation is 1. The SMILES string of the molecule is NCCCCc1ccc(N2CCNCC2)cc1. The predicted molar refractivity (Wildman–Crippen MR) is 73.5 cm³/mol. The summed E-state index contributed by atoms with van der Waals surface area (Å²) in [6, 6.07) is 9.02. The lowest BCUT2D eigenvalue weighted by Crippen LogP contribution is -2.43. The van der Waals surface area contributed by atoms with Gasteiger partial charge < -0.3 is 16.0 Å². The van der Waals surface area contributed by atoms with Crippen LogP contribution in [-0.2, 0) is 6.42 Å². The summed E-state index contributed by atoms with van der Waals surface area (Å²) in [6.07, 6.45) is 3.47. The van der Waals surface area contributed by atoms with E-state index >= 15 is 0 Å². The van der Waals surface area contributed by atoms with Crippen molar-refractivity contribution in [3.8, 4) is 0 Å². The Kier molecular flexibility index (Phi) is 4.83. The van der Waals surface area contributed by atoms with Crippen LogP contribution in [-0.4, -0.2) is 32.7 Å². The normalized spacial score (nSPS) is 16.2. The number of nitrogens with zero attached hydrogens (tertiary/aromatic N) is 1. The van der Waals surface area contributed by atoms with Crippen molar-refractivity contribution in [2.24, 2.45) is 5.73 Å². The van der Waals surface area contributed by atoms with Crippen LogP contribution in [0.25, 0.3) is 0 Å². The fourth-order valence-corrected chi connectivity index (χ4v) is 2.27. The highest BCUT2D eigenvalue weighted by molar-refractivity contribution is 5.48. The molecule has 3 nitrogen and oxygen atoms in total. The largest absolute Gasteiger partial charge is 0.369 e. The summed E-state index contributed by atoms with van der Waals surface area (Å²) >= 11 is 0. The van der Waals surface area contributed by atoms with Crippen molar-refractivity contribution in [1.82, 2.24) is 5.32 Å². The van der Waals surface area contributed by atoms with Gasteiger partial charge >= 0.3 is 0 Å². The molecule has 0 saturated carbocycles. The van der Waals surface area contributed by atoms with Gasteiger partial charge in [0.2, 0.25) is 0 Å². The van der Waals surface area contributed by atoms with E-state index in [1.54, 1.807) is 0 Å². The van der Waals surface area contributed by atoms with Gasteiger partial charge in [-0.05, 0) is 43.5 Å². The van der Waals surface area contributed by atoms with Crippen LogP contribution in [0.2, 0.25) is 0 Å². The third kappa shape index (κ3) is 3.72. The number of hydrogen-bond donors (Lipinski definition) is 2. The van der Waals surface area contributed by atoms with Crippen molar-refractivity contribution in [3.05, 3.63) is 29.8 Å². The van der Waals surface area contributed by atoms with E-state index in [0.29, 0.717) is 0 Å². The zero-order chi connectivity index (χ0) is 11.9. The molecular formula is C14H23N3. The first kappa shape index (κ1) is 12.4. The van der Waals surface area contributed by atoms with Crippen molar-refractivity contribution in [2.75, 3.05) is 37.6 Å². The fraction of sp³-hybridized carbons (Fsp3) is 0.571. The Balaban J connectivity index is 1.88. The number of rotatable bonds is 5. The highest BCUT2D eigenvalue weighted by Gasteiger charge is 2.09. The van der Waals surface area contributed by atoms with E-state index in [9.17, 15) is 0 Å². The average Bonchev–Trinajstić information content (AvgIpc) is 2.41. The number of unbranched alkanes of at least 4 members (excludes halogenated alkanes) is 1. The molecule has 0 aromatic heterocycles. The number of nitrogens with one attached hydrogen (secondary N) is 1. The first-order valence-corrected chi connectivity index (χ1v) is 6.65. The van der Waals surface area contributed by atoms with Gasteiger partial charge in [-0.1, -0.05) is 12.1 Å². The van der Waals surface area contributed by atoms with Crippen molar-refractivity contribution >= 4 is 5.69 Å². The minimum Gasteiger partial charge on any atom is -0.369 e. The summed E-state index contributed by atoms with van der Waals surface area (Å²) in [6.45, 7) is 5.23. The van der Waals surface area contributed by atoms with E-state index in [2.05, 4.69) is 34.5 Å². The minimum atomic E-state index is 0.804. The molecule has 0 radical (unpaired) electrons. The summed E-state index contributed by atoms with van der Waals surface area (Å²) in [4.78, 5) is 2.44. The molecule has 1 aromatic carbocycles. The van der Waals surface area contributed by atoms with Crippen LogP contribution < -0.4 is 16.0 Å². The Morgan fingerprint density at radius 3 is 2.41 bits per heavy atom. The topological polar surface area (TPSA) is 41.3 Å². The Morgan fingerprint density at radius 1 is 1.06 bits per heavy atom. The summed E-state index contributed by atoms with van der Waals surface area (Å²) < 4.78 is 0. The Bertz CT molecular complexity index is 315. The van der Waals surface area contributed by atoms with Gasteiger partial charge in [-0.2, -0.15) is 0 Å². The van der Waals surface area contributed by atoms with Crippen molar-refractivity contribution in [2.45, 2.75) is 19.3 Å². The molecule has 3 N–H and O–H groups in total. The van der Waals surface area contributed by atoms with E-state index in [1.807, 2.05) is 0 Å². The average molecular weight is 233 g/mol. The van der Waals surface area contributed by atoms with Gasteiger partial charge in [0, 0.05) is 31.9 Å². The molecule has 0 aliphatic carbocycles. The summed E-state index contributed by atoms with van der Waals surface area (Å²) in [5.41, 5.74) is 8.29. The lowest BCUT2D eigenvalue weighted by molar-refractivity contribution is 0.589. The van der Waals surface area contributed by atoms with Crippen LogP contribution in [0.5, 0.6) is 0 Å². The van der Waals surface area contributed by atoms with E-state index in [0.717, 1.165) is 45.6 Å². The highest BCUT2D eigenvalue weighted by atomic mass is 15.2. The van der Waals surface area contributed by atoms with E-state index in [1.165, 1.54) is 17.7 Å². The number of anilines is 1. The molecule has 3 heteroatoms. The molecule has 1 aliphatic heterocycles. The van der Waals surface area contributed by atoms with Crippen LogP contribution in [0.15, 0.2) is 24.3 Å². The van der Waals surface area contributed by atoms with E-state index in [4.69, 9.17) is 5.73 Å². The zero-order valence-corrected chi connectivity index (χ0v) is 10.5. The second-order valence-corrected chi connectivity index (χ2v) is 4.65. The van der Waals surface area contributed by atoms with E-state index in [-0.39, 0.29) is 0 Å². The standard InChI is InChI=1S/C14H23N3/c15-8-2-1-3-13-4-6-14(7-5-13)17-11-9-16-10-12-17/h4-7,16H,1-3,8-12,15H2. The summed E-state index contributed by atoms with van der Waals surface area (Å²) in [5, 5.41) is 3.38. The number of nitrogens with two attached hydrogens (primary N) is 1. The third-order valence-corrected chi connectivity index (χ3v) is 3.34. The van der Waals surface area contributed by atoms with Gasteiger partial charge in [-0.3, -0.25) is 0 Å². The maximum Gasteiger partial charge on any atom is 0.0367 e. The summed E-state index contributed by atoms with van der Waals surface area (Å²) in [7, 11) is 0. The van der Waals surface area contributed by atoms with Gasteiger partial charge in [0.05, 0.1) is 0 Å². The molecule has 0 bridgehead atoms. The molecule has 0 spiro atoms. The molecule has 2 rings (SSSR count). The maximum atomic E-state index is 5.50. The fourth-order valence-electron chi connectivity index (χ4n) is 2.27. The van der Waals surface area contributed by atoms with Gasteiger partial charge in [0.1, 0.15) is 0 Å². The molecule has 0 atom stereocenters. The lowest BCUT2D eigenvalue weighted by atomic mass is 10.1. The molecule has 0 amide bonds. The number of benzene rings is 1. The van der Waals surface area contributed by atoms with E-state index < -0.39 is 0 Å². The Labute approximate surface area is 104 Å². The van der Waals surface area contributed by atoms with Crippen molar-refractivity contribution < 1.29 is 0 Å². The second kappa shape index (κ2) is 6.62. The Hall–Kier alpha value is -1.06. The van der Waals surface area contributed by atoms with Gasteiger partial charge in [-0.15, -0.1) is 0 Å². The van der Waals surface area contributed by atoms with Crippen molar-refractivity contribution in [1.29, 1.82) is 0 Å². The van der Waals surface area contributed by atoms with Gasteiger partial charge in [-0.25, -0.2) is 0 Å². The van der Waals surface area contributed by atoms with Gasteiger partial charge in [0.15, 0.2) is 0 Å². The minimum absolute atomic E-state index is 0.804. The van der Waals surface area contributed by atoms with Crippen molar-refractivity contribution in [3.63, 3.8) is 0 Å². The molecule has 94 valence electrons. The van der Waals surface area contributed by atoms with Gasteiger partial charge in [0.25, 0.3) is 0 Å². The van der Waals surface area contributed by atoms with Crippen LogP contribution in [0.4, 0.5) is 5.69 Å². The molecule has 1 saturated heterocycles. The second-order valence-electron chi connectivity index (χ2n) is 4.65. The Morgan fingerprint density at radius 2 is 1.76 bits per heavy atom. The lowest BCUT2D eigenvalue weighted by Gasteiger charge is -2.29. The molecule has 1 fully saturated rings. The molecule has 1 heterocycles. The molecule has 17 heavy (non-hydrogen) atoms. The van der Waals surface area contributed by atoms with Crippen LogP contribution in [0.1, 0.15) is 18.4 Å². The molecular weight excluding hydrogens is 210 g/mol.